The van der Waals surface area contributed by atoms with Gasteiger partial charge in [0.25, 0.3) is 0 Å². The number of anilines is 1. The van der Waals surface area contributed by atoms with Crippen molar-refractivity contribution in [2.24, 2.45) is 11.7 Å². The van der Waals surface area contributed by atoms with Crippen molar-refractivity contribution in [3.63, 3.8) is 0 Å². The SMILES string of the molecule is COc1cc(NC(C)CCCN)c2nccc(/C=C\C3CCCCC3)c2c1. The van der Waals surface area contributed by atoms with Gasteiger partial charge in [-0.1, -0.05) is 31.4 Å². The Balaban J connectivity index is 1.91. The molecule has 27 heavy (non-hydrogen) atoms. The Bertz CT molecular complexity index is 766. The molecule has 1 aromatic heterocycles. The van der Waals surface area contributed by atoms with Crippen molar-refractivity contribution in [1.29, 1.82) is 0 Å². The van der Waals surface area contributed by atoms with Crippen LogP contribution in [0.25, 0.3) is 17.0 Å². The molecular formula is C23H33N3O. The molecule has 2 aromatic rings. The summed E-state index contributed by atoms with van der Waals surface area (Å²) in [6, 6.07) is 6.58. The third kappa shape index (κ3) is 5.23. The maximum Gasteiger partial charge on any atom is 0.121 e. The van der Waals surface area contributed by atoms with Gasteiger partial charge in [-0.2, -0.15) is 0 Å². The molecule has 1 saturated carbocycles. The van der Waals surface area contributed by atoms with Gasteiger partial charge in [-0.25, -0.2) is 0 Å². The lowest BCUT2D eigenvalue weighted by Crippen LogP contribution is -2.17. The summed E-state index contributed by atoms with van der Waals surface area (Å²) in [5, 5.41) is 4.74. The van der Waals surface area contributed by atoms with Crippen LogP contribution in [0.3, 0.4) is 0 Å². The highest BCUT2D eigenvalue weighted by atomic mass is 16.5. The van der Waals surface area contributed by atoms with Gasteiger partial charge in [-0.15, -0.1) is 0 Å². The molecule has 0 amide bonds. The van der Waals surface area contributed by atoms with Crippen LogP contribution in [0.1, 0.15) is 57.4 Å². The van der Waals surface area contributed by atoms with Crippen LogP contribution in [-0.2, 0) is 0 Å². The largest absolute Gasteiger partial charge is 0.497 e. The molecule has 1 fully saturated rings. The second-order valence-electron chi connectivity index (χ2n) is 7.70. The Morgan fingerprint density at radius 1 is 1.30 bits per heavy atom. The summed E-state index contributed by atoms with van der Waals surface area (Å²) in [4.78, 5) is 4.67. The number of hydrogen-bond donors (Lipinski definition) is 2. The number of fused-ring (bicyclic) bond motifs is 1. The van der Waals surface area contributed by atoms with E-state index >= 15 is 0 Å². The van der Waals surface area contributed by atoms with Crippen LogP contribution in [-0.4, -0.2) is 24.7 Å². The third-order valence-corrected chi connectivity index (χ3v) is 5.53. The average Bonchev–Trinajstić information content (AvgIpc) is 2.71. The first-order valence-electron chi connectivity index (χ1n) is 10.3. The highest BCUT2D eigenvalue weighted by molar-refractivity contribution is 5.97. The predicted octanol–water partition coefficient (Wildman–Crippen LogP) is 5.38. The first-order valence-corrected chi connectivity index (χ1v) is 10.3. The lowest BCUT2D eigenvalue weighted by atomic mass is 9.88. The van der Waals surface area contributed by atoms with Gasteiger partial charge >= 0.3 is 0 Å². The van der Waals surface area contributed by atoms with Gasteiger partial charge in [0.15, 0.2) is 0 Å². The van der Waals surface area contributed by atoms with Crippen LogP contribution in [0.15, 0.2) is 30.5 Å². The maximum absolute atomic E-state index is 5.65. The van der Waals surface area contributed by atoms with Crippen molar-refractivity contribution in [2.75, 3.05) is 19.0 Å². The van der Waals surface area contributed by atoms with E-state index in [4.69, 9.17) is 10.5 Å². The van der Waals surface area contributed by atoms with Gasteiger partial charge in [-0.3, -0.25) is 4.98 Å². The molecule has 1 aliphatic rings. The number of benzene rings is 1. The van der Waals surface area contributed by atoms with Gasteiger partial charge in [0.1, 0.15) is 5.75 Å². The van der Waals surface area contributed by atoms with E-state index in [1.807, 2.05) is 12.3 Å². The number of allylic oxidation sites excluding steroid dienone is 1. The van der Waals surface area contributed by atoms with Crippen LogP contribution in [0.5, 0.6) is 5.75 Å². The van der Waals surface area contributed by atoms with Gasteiger partial charge < -0.3 is 15.8 Å². The Hall–Kier alpha value is -2.07. The first kappa shape index (κ1) is 19.7. The highest BCUT2D eigenvalue weighted by Crippen LogP contribution is 2.32. The standard InChI is InChI=1S/C23H33N3O/c1-17(7-6-13-24)26-22-16-20(27-2)15-21-19(12-14-25-23(21)22)11-10-18-8-4-3-5-9-18/h10-12,14-18,26H,3-9,13,24H2,1-2H3/b11-10-. The number of pyridine rings is 1. The fourth-order valence-corrected chi connectivity index (χ4v) is 3.95. The van der Waals surface area contributed by atoms with Crippen molar-refractivity contribution in [1.82, 2.24) is 4.98 Å². The second kappa shape index (κ2) is 9.75. The monoisotopic (exact) mass is 367 g/mol. The molecule has 1 atom stereocenters. The molecule has 1 heterocycles. The van der Waals surface area contributed by atoms with E-state index in [9.17, 15) is 0 Å². The maximum atomic E-state index is 5.65. The molecule has 4 nitrogen and oxygen atoms in total. The molecule has 0 saturated heterocycles. The molecule has 146 valence electrons. The predicted molar refractivity (Wildman–Crippen MR) is 115 cm³/mol. The fraction of sp³-hybridized carbons (Fsp3) is 0.522. The Morgan fingerprint density at radius 3 is 2.85 bits per heavy atom. The molecule has 1 aliphatic carbocycles. The molecule has 1 aromatic carbocycles. The summed E-state index contributed by atoms with van der Waals surface area (Å²) >= 11 is 0. The number of methoxy groups -OCH3 is 1. The summed E-state index contributed by atoms with van der Waals surface area (Å²) in [7, 11) is 1.72. The van der Waals surface area contributed by atoms with Crippen molar-refractivity contribution in [3.8, 4) is 5.75 Å². The summed E-state index contributed by atoms with van der Waals surface area (Å²) in [6.45, 7) is 2.91. The number of ether oxygens (including phenoxy) is 1. The molecule has 1 unspecified atom stereocenters. The van der Waals surface area contributed by atoms with Gasteiger partial charge in [0.05, 0.1) is 18.3 Å². The van der Waals surface area contributed by atoms with E-state index in [0.717, 1.165) is 41.7 Å². The number of nitrogens with zero attached hydrogens (tertiary/aromatic N) is 1. The van der Waals surface area contributed by atoms with E-state index in [1.54, 1.807) is 7.11 Å². The van der Waals surface area contributed by atoms with E-state index < -0.39 is 0 Å². The summed E-state index contributed by atoms with van der Waals surface area (Å²) in [5.74, 6) is 1.57. The number of rotatable bonds is 8. The molecule has 0 bridgehead atoms. The molecule has 4 heteroatoms. The minimum absolute atomic E-state index is 0.340. The minimum atomic E-state index is 0.340. The van der Waals surface area contributed by atoms with Crippen LogP contribution in [0.2, 0.25) is 0 Å². The van der Waals surface area contributed by atoms with E-state index in [2.05, 4.69) is 41.5 Å². The van der Waals surface area contributed by atoms with Crippen LogP contribution in [0, 0.1) is 5.92 Å². The van der Waals surface area contributed by atoms with Crippen molar-refractivity contribution < 1.29 is 4.74 Å². The van der Waals surface area contributed by atoms with Gasteiger partial charge in [-0.05, 0) is 62.8 Å². The van der Waals surface area contributed by atoms with Crippen molar-refractivity contribution >= 4 is 22.7 Å². The summed E-state index contributed by atoms with van der Waals surface area (Å²) in [6.07, 6.45) is 15.4. The number of nitrogens with one attached hydrogen (secondary N) is 1. The van der Waals surface area contributed by atoms with Crippen LogP contribution in [0.4, 0.5) is 5.69 Å². The van der Waals surface area contributed by atoms with Crippen molar-refractivity contribution in [2.45, 2.75) is 57.9 Å². The number of hydrogen-bond acceptors (Lipinski definition) is 4. The lowest BCUT2D eigenvalue weighted by Gasteiger charge is -2.19. The lowest BCUT2D eigenvalue weighted by molar-refractivity contribution is 0.415. The zero-order valence-corrected chi connectivity index (χ0v) is 16.7. The molecule has 3 N–H and O–H groups in total. The smallest absolute Gasteiger partial charge is 0.121 e. The van der Waals surface area contributed by atoms with Gasteiger partial charge in [0.2, 0.25) is 0 Å². The minimum Gasteiger partial charge on any atom is -0.497 e. The zero-order chi connectivity index (χ0) is 19.1. The van der Waals surface area contributed by atoms with E-state index in [1.165, 1.54) is 37.7 Å². The Morgan fingerprint density at radius 2 is 2.11 bits per heavy atom. The normalized spacial score (nSPS) is 16.7. The van der Waals surface area contributed by atoms with Crippen LogP contribution >= 0.6 is 0 Å². The van der Waals surface area contributed by atoms with E-state index in [-0.39, 0.29) is 0 Å². The Labute approximate surface area is 163 Å². The average molecular weight is 368 g/mol. The molecule has 0 radical (unpaired) electrons. The van der Waals surface area contributed by atoms with Crippen molar-refractivity contribution in [3.05, 3.63) is 36.0 Å². The molecule has 0 spiro atoms. The van der Waals surface area contributed by atoms with E-state index in [0.29, 0.717) is 12.0 Å². The molecular weight excluding hydrogens is 334 g/mol. The molecule has 0 aliphatic heterocycles. The number of aromatic nitrogens is 1. The fourth-order valence-electron chi connectivity index (χ4n) is 3.95. The van der Waals surface area contributed by atoms with Gasteiger partial charge in [0, 0.05) is 23.7 Å². The quantitative estimate of drug-likeness (QED) is 0.658. The highest BCUT2D eigenvalue weighted by Gasteiger charge is 2.13. The second-order valence-corrected chi connectivity index (χ2v) is 7.70. The summed E-state index contributed by atoms with van der Waals surface area (Å²) < 4.78 is 5.56. The Kier molecular flexibility index (Phi) is 7.11. The van der Waals surface area contributed by atoms with Crippen LogP contribution < -0.4 is 15.8 Å². The zero-order valence-electron chi connectivity index (χ0n) is 16.7. The third-order valence-electron chi connectivity index (χ3n) is 5.53. The topological polar surface area (TPSA) is 60.2 Å². The number of nitrogens with two attached hydrogens (primary N) is 1. The first-order chi connectivity index (χ1) is 13.2. The summed E-state index contributed by atoms with van der Waals surface area (Å²) in [5.41, 5.74) is 8.89. The molecule has 3 rings (SSSR count).